The van der Waals surface area contributed by atoms with Crippen molar-refractivity contribution in [2.45, 2.75) is 39.0 Å². The lowest BCUT2D eigenvalue weighted by Gasteiger charge is -2.25. The van der Waals surface area contributed by atoms with Crippen molar-refractivity contribution >= 4 is 17.3 Å². The van der Waals surface area contributed by atoms with E-state index in [4.69, 9.17) is 12.2 Å². The minimum absolute atomic E-state index is 0.821. The molecule has 0 aliphatic heterocycles. The van der Waals surface area contributed by atoms with E-state index < -0.39 is 0 Å². The molecule has 0 aromatic carbocycles. The van der Waals surface area contributed by atoms with Crippen molar-refractivity contribution in [3.63, 3.8) is 0 Å². The second-order valence-electron chi connectivity index (χ2n) is 3.77. The first-order chi connectivity index (χ1) is 6.33. The van der Waals surface area contributed by atoms with Crippen LogP contribution in [0.25, 0.3) is 0 Å². The Kier molecular flexibility index (Phi) is 5.13. The fraction of sp³-hybridized carbons (Fsp3) is 0.900. The molecule has 13 heavy (non-hydrogen) atoms. The van der Waals surface area contributed by atoms with Gasteiger partial charge in [0.05, 0.1) is 0 Å². The summed E-state index contributed by atoms with van der Waals surface area (Å²) in [5.74, 6) is 0.974. The molecule has 0 atom stereocenters. The zero-order valence-electron chi connectivity index (χ0n) is 8.44. The third-order valence-corrected chi connectivity index (χ3v) is 2.89. The zero-order valence-corrected chi connectivity index (χ0v) is 9.25. The molecule has 0 saturated heterocycles. The Hall–Kier alpha value is -0.310. The first-order valence-corrected chi connectivity index (χ1v) is 5.75. The van der Waals surface area contributed by atoms with Crippen LogP contribution in [0.15, 0.2) is 0 Å². The Bertz CT molecular complexity index is 155. The van der Waals surface area contributed by atoms with Crippen molar-refractivity contribution in [2.75, 3.05) is 13.1 Å². The van der Waals surface area contributed by atoms with Gasteiger partial charge in [0.25, 0.3) is 0 Å². The van der Waals surface area contributed by atoms with Gasteiger partial charge < -0.3 is 10.6 Å². The number of hydrogen-bond acceptors (Lipinski definition) is 1. The standard InChI is InChI=1S/C10H20N2S/c1-2-7-11-10(13)12-8-6-9-4-3-5-9/h9H,2-8H2,1H3,(H2,11,12,13). The molecule has 0 aromatic heterocycles. The molecular weight excluding hydrogens is 180 g/mol. The Balaban J connectivity index is 1.88. The summed E-state index contributed by atoms with van der Waals surface area (Å²) in [6.45, 7) is 4.17. The molecule has 2 nitrogen and oxygen atoms in total. The third-order valence-electron chi connectivity index (χ3n) is 2.60. The number of nitrogens with one attached hydrogen (secondary N) is 2. The van der Waals surface area contributed by atoms with Crippen LogP contribution in [-0.2, 0) is 0 Å². The maximum Gasteiger partial charge on any atom is 0.166 e. The Labute approximate surface area is 86.5 Å². The van der Waals surface area contributed by atoms with E-state index in [1.165, 1.54) is 25.7 Å². The molecule has 0 amide bonds. The summed E-state index contributed by atoms with van der Waals surface area (Å²) < 4.78 is 0. The lowest BCUT2D eigenvalue weighted by atomic mass is 9.83. The van der Waals surface area contributed by atoms with Gasteiger partial charge in [0.15, 0.2) is 5.11 Å². The summed E-state index contributed by atoms with van der Waals surface area (Å²) in [4.78, 5) is 0. The summed E-state index contributed by atoms with van der Waals surface area (Å²) in [7, 11) is 0. The summed E-state index contributed by atoms with van der Waals surface area (Å²) >= 11 is 5.10. The Morgan fingerprint density at radius 1 is 1.31 bits per heavy atom. The number of hydrogen-bond donors (Lipinski definition) is 2. The van der Waals surface area contributed by atoms with E-state index in [0.717, 1.165) is 30.5 Å². The second-order valence-corrected chi connectivity index (χ2v) is 4.18. The maximum atomic E-state index is 5.10. The first-order valence-electron chi connectivity index (χ1n) is 5.34. The maximum absolute atomic E-state index is 5.10. The van der Waals surface area contributed by atoms with Gasteiger partial charge in [0.1, 0.15) is 0 Å². The Morgan fingerprint density at radius 2 is 2.00 bits per heavy atom. The van der Waals surface area contributed by atoms with Gasteiger partial charge in [-0.15, -0.1) is 0 Å². The molecule has 0 radical (unpaired) electrons. The molecule has 1 rings (SSSR count). The fourth-order valence-corrected chi connectivity index (χ4v) is 1.68. The summed E-state index contributed by atoms with van der Waals surface area (Å²) in [6.07, 6.45) is 6.70. The van der Waals surface area contributed by atoms with Gasteiger partial charge in [-0.1, -0.05) is 26.2 Å². The van der Waals surface area contributed by atoms with E-state index in [1.807, 2.05) is 0 Å². The summed E-state index contributed by atoms with van der Waals surface area (Å²) in [5, 5.41) is 7.22. The average molecular weight is 200 g/mol. The van der Waals surface area contributed by atoms with Crippen LogP contribution < -0.4 is 10.6 Å². The smallest absolute Gasteiger partial charge is 0.166 e. The van der Waals surface area contributed by atoms with Gasteiger partial charge in [0, 0.05) is 13.1 Å². The molecule has 3 heteroatoms. The molecule has 0 aromatic rings. The molecule has 1 fully saturated rings. The van der Waals surface area contributed by atoms with Crippen LogP contribution in [0.2, 0.25) is 0 Å². The van der Waals surface area contributed by atoms with Crippen molar-refractivity contribution in [3.05, 3.63) is 0 Å². The van der Waals surface area contributed by atoms with Crippen molar-refractivity contribution in [3.8, 4) is 0 Å². The van der Waals surface area contributed by atoms with Gasteiger partial charge in [-0.05, 0) is 31.0 Å². The van der Waals surface area contributed by atoms with Crippen molar-refractivity contribution < 1.29 is 0 Å². The molecule has 76 valence electrons. The minimum Gasteiger partial charge on any atom is -0.363 e. The van der Waals surface area contributed by atoms with E-state index in [2.05, 4.69) is 17.6 Å². The van der Waals surface area contributed by atoms with Crippen LogP contribution in [0.3, 0.4) is 0 Å². The highest BCUT2D eigenvalue weighted by molar-refractivity contribution is 7.80. The largest absolute Gasteiger partial charge is 0.363 e. The summed E-state index contributed by atoms with van der Waals surface area (Å²) in [6, 6.07) is 0. The van der Waals surface area contributed by atoms with E-state index in [1.54, 1.807) is 0 Å². The van der Waals surface area contributed by atoms with Crippen LogP contribution >= 0.6 is 12.2 Å². The normalized spacial score (nSPS) is 16.4. The first kappa shape index (κ1) is 10.8. The quantitative estimate of drug-likeness (QED) is 0.664. The third kappa shape index (κ3) is 4.46. The topological polar surface area (TPSA) is 24.1 Å². The van der Waals surface area contributed by atoms with Crippen LogP contribution in [-0.4, -0.2) is 18.2 Å². The number of thiocarbonyl (C=S) groups is 1. The van der Waals surface area contributed by atoms with Crippen molar-refractivity contribution in [1.29, 1.82) is 0 Å². The highest BCUT2D eigenvalue weighted by Crippen LogP contribution is 2.28. The van der Waals surface area contributed by atoms with Gasteiger partial charge in [-0.3, -0.25) is 0 Å². The molecule has 0 spiro atoms. The van der Waals surface area contributed by atoms with Crippen LogP contribution in [0, 0.1) is 5.92 Å². The van der Waals surface area contributed by atoms with E-state index in [-0.39, 0.29) is 0 Å². The molecule has 1 aliphatic carbocycles. The Morgan fingerprint density at radius 3 is 2.54 bits per heavy atom. The predicted molar refractivity (Wildman–Crippen MR) is 60.9 cm³/mol. The fourth-order valence-electron chi connectivity index (χ4n) is 1.47. The molecule has 0 bridgehead atoms. The lowest BCUT2D eigenvalue weighted by Crippen LogP contribution is -2.37. The molecular formula is C10H20N2S. The highest BCUT2D eigenvalue weighted by Gasteiger charge is 2.16. The minimum atomic E-state index is 0.821. The molecule has 0 unspecified atom stereocenters. The van der Waals surface area contributed by atoms with E-state index >= 15 is 0 Å². The second kappa shape index (κ2) is 6.19. The molecule has 2 N–H and O–H groups in total. The monoisotopic (exact) mass is 200 g/mol. The van der Waals surface area contributed by atoms with Gasteiger partial charge >= 0.3 is 0 Å². The number of rotatable bonds is 5. The van der Waals surface area contributed by atoms with E-state index in [0.29, 0.717) is 0 Å². The molecule has 0 heterocycles. The van der Waals surface area contributed by atoms with Crippen molar-refractivity contribution in [1.82, 2.24) is 10.6 Å². The van der Waals surface area contributed by atoms with Gasteiger partial charge in [-0.25, -0.2) is 0 Å². The van der Waals surface area contributed by atoms with E-state index in [9.17, 15) is 0 Å². The molecule has 1 aliphatic rings. The highest BCUT2D eigenvalue weighted by atomic mass is 32.1. The lowest BCUT2D eigenvalue weighted by molar-refractivity contribution is 0.297. The molecule has 1 saturated carbocycles. The van der Waals surface area contributed by atoms with Crippen LogP contribution in [0.4, 0.5) is 0 Å². The van der Waals surface area contributed by atoms with Crippen molar-refractivity contribution in [2.24, 2.45) is 5.92 Å². The van der Waals surface area contributed by atoms with Crippen LogP contribution in [0.5, 0.6) is 0 Å². The predicted octanol–water partition coefficient (Wildman–Crippen LogP) is 2.05. The zero-order chi connectivity index (χ0) is 9.52. The SMILES string of the molecule is CCCNC(=S)NCCC1CCC1. The van der Waals surface area contributed by atoms with Gasteiger partial charge in [0.2, 0.25) is 0 Å². The van der Waals surface area contributed by atoms with Gasteiger partial charge in [-0.2, -0.15) is 0 Å². The average Bonchev–Trinajstić information content (AvgIpc) is 2.06. The summed E-state index contributed by atoms with van der Waals surface area (Å²) in [5.41, 5.74) is 0. The van der Waals surface area contributed by atoms with Crippen LogP contribution in [0.1, 0.15) is 39.0 Å².